The number of methoxy groups -OCH3 is 1. The van der Waals surface area contributed by atoms with Gasteiger partial charge in [0.15, 0.2) is 11.4 Å². The van der Waals surface area contributed by atoms with E-state index in [0.717, 1.165) is 18.5 Å². The molecule has 1 amide bonds. The molecule has 30 heavy (non-hydrogen) atoms. The van der Waals surface area contributed by atoms with Gasteiger partial charge < -0.3 is 19.5 Å². The lowest BCUT2D eigenvalue weighted by Crippen LogP contribution is -2.15. The standard InChI is InChI=1S/C23H27N3O4/c1-4-6-14-30-20-13-12-18(28-3)15-19(20)24-23(27)22-21(29-5-2)16-26(25-22)17-10-8-7-9-11-17/h7-13,15-16H,4-6,14H2,1-3H3,(H,24,27). The Morgan fingerprint density at radius 1 is 1.07 bits per heavy atom. The van der Waals surface area contributed by atoms with Gasteiger partial charge in [0.1, 0.15) is 11.5 Å². The van der Waals surface area contributed by atoms with Gasteiger partial charge in [0.2, 0.25) is 0 Å². The van der Waals surface area contributed by atoms with E-state index in [-0.39, 0.29) is 11.6 Å². The number of nitrogens with one attached hydrogen (secondary N) is 1. The van der Waals surface area contributed by atoms with E-state index in [1.807, 2.05) is 37.3 Å². The molecule has 1 heterocycles. The molecular weight excluding hydrogens is 382 g/mol. The zero-order valence-electron chi connectivity index (χ0n) is 17.6. The Labute approximate surface area is 176 Å². The predicted octanol–water partition coefficient (Wildman–Crippen LogP) is 4.71. The van der Waals surface area contributed by atoms with Gasteiger partial charge in [0, 0.05) is 6.07 Å². The number of rotatable bonds is 10. The largest absolute Gasteiger partial charge is 0.497 e. The minimum absolute atomic E-state index is 0.197. The molecule has 0 bridgehead atoms. The van der Waals surface area contributed by atoms with Crippen LogP contribution in [0.5, 0.6) is 17.2 Å². The third-order valence-corrected chi connectivity index (χ3v) is 4.41. The lowest BCUT2D eigenvalue weighted by Gasteiger charge is -2.13. The highest BCUT2D eigenvalue weighted by Gasteiger charge is 2.20. The van der Waals surface area contributed by atoms with Crippen LogP contribution in [0, 0.1) is 0 Å². The van der Waals surface area contributed by atoms with E-state index < -0.39 is 0 Å². The van der Waals surface area contributed by atoms with Gasteiger partial charge >= 0.3 is 0 Å². The summed E-state index contributed by atoms with van der Waals surface area (Å²) < 4.78 is 18.4. The molecule has 0 saturated heterocycles. The van der Waals surface area contributed by atoms with Crippen LogP contribution in [-0.4, -0.2) is 36.0 Å². The zero-order chi connectivity index (χ0) is 21.3. The molecule has 2 aromatic carbocycles. The van der Waals surface area contributed by atoms with Gasteiger partial charge in [-0.2, -0.15) is 5.10 Å². The van der Waals surface area contributed by atoms with Gasteiger partial charge in [0.25, 0.3) is 5.91 Å². The number of amides is 1. The summed E-state index contributed by atoms with van der Waals surface area (Å²) >= 11 is 0. The summed E-state index contributed by atoms with van der Waals surface area (Å²) in [6, 6.07) is 14.9. The number of anilines is 1. The second kappa shape index (κ2) is 10.3. The maximum Gasteiger partial charge on any atom is 0.280 e. The molecule has 3 aromatic rings. The average Bonchev–Trinajstić information content (AvgIpc) is 3.20. The third kappa shape index (κ3) is 5.11. The van der Waals surface area contributed by atoms with Crippen molar-refractivity contribution in [2.75, 3.05) is 25.6 Å². The number of ether oxygens (including phenoxy) is 3. The van der Waals surface area contributed by atoms with Crippen molar-refractivity contribution in [1.29, 1.82) is 0 Å². The van der Waals surface area contributed by atoms with E-state index in [1.54, 1.807) is 36.2 Å². The van der Waals surface area contributed by atoms with Gasteiger partial charge in [-0.25, -0.2) is 4.68 Å². The summed E-state index contributed by atoms with van der Waals surface area (Å²) in [4.78, 5) is 13.1. The SMILES string of the molecule is CCCCOc1ccc(OC)cc1NC(=O)c1nn(-c2ccccc2)cc1OCC. The van der Waals surface area contributed by atoms with Gasteiger partial charge in [-0.1, -0.05) is 31.5 Å². The summed E-state index contributed by atoms with van der Waals surface area (Å²) in [7, 11) is 1.58. The molecule has 7 nitrogen and oxygen atoms in total. The Morgan fingerprint density at radius 2 is 1.87 bits per heavy atom. The number of hydrogen-bond acceptors (Lipinski definition) is 5. The molecule has 0 saturated carbocycles. The first-order valence-electron chi connectivity index (χ1n) is 10.1. The highest BCUT2D eigenvalue weighted by atomic mass is 16.5. The normalized spacial score (nSPS) is 10.5. The van der Waals surface area contributed by atoms with Gasteiger partial charge in [-0.15, -0.1) is 0 Å². The van der Waals surface area contributed by atoms with Crippen molar-refractivity contribution in [1.82, 2.24) is 9.78 Å². The van der Waals surface area contributed by atoms with Crippen LogP contribution in [-0.2, 0) is 0 Å². The summed E-state index contributed by atoms with van der Waals surface area (Å²) in [5, 5.41) is 7.34. The molecule has 0 aliphatic carbocycles. The lowest BCUT2D eigenvalue weighted by molar-refractivity contribution is 0.101. The van der Waals surface area contributed by atoms with Crippen molar-refractivity contribution in [3.8, 4) is 22.9 Å². The summed E-state index contributed by atoms with van der Waals surface area (Å²) in [5.41, 5.74) is 1.55. The van der Waals surface area contributed by atoms with E-state index in [0.29, 0.717) is 36.1 Å². The number of unbranched alkanes of at least 4 members (excludes halogenated alkanes) is 1. The van der Waals surface area contributed by atoms with Crippen molar-refractivity contribution < 1.29 is 19.0 Å². The van der Waals surface area contributed by atoms with Crippen molar-refractivity contribution in [2.24, 2.45) is 0 Å². The van der Waals surface area contributed by atoms with Crippen molar-refractivity contribution >= 4 is 11.6 Å². The topological polar surface area (TPSA) is 74.6 Å². The Kier molecular flexibility index (Phi) is 7.32. The Hall–Kier alpha value is -3.48. The number of benzene rings is 2. The molecule has 0 fully saturated rings. The monoisotopic (exact) mass is 409 g/mol. The highest BCUT2D eigenvalue weighted by molar-refractivity contribution is 6.05. The first-order valence-corrected chi connectivity index (χ1v) is 10.1. The fraction of sp³-hybridized carbons (Fsp3) is 0.304. The van der Waals surface area contributed by atoms with E-state index in [2.05, 4.69) is 17.3 Å². The minimum Gasteiger partial charge on any atom is -0.497 e. The molecule has 1 N–H and O–H groups in total. The molecule has 158 valence electrons. The zero-order valence-corrected chi connectivity index (χ0v) is 17.6. The van der Waals surface area contributed by atoms with Crippen molar-refractivity contribution in [3.63, 3.8) is 0 Å². The number of carbonyl (C=O) groups is 1. The van der Waals surface area contributed by atoms with E-state index in [4.69, 9.17) is 14.2 Å². The number of nitrogens with zero attached hydrogens (tertiary/aromatic N) is 2. The first kappa shape index (κ1) is 21.2. The van der Waals surface area contributed by atoms with E-state index in [9.17, 15) is 4.79 Å². The number of hydrogen-bond donors (Lipinski definition) is 1. The van der Waals surface area contributed by atoms with Gasteiger partial charge in [-0.3, -0.25) is 4.79 Å². The maximum atomic E-state index is 13.1. The average molecular weight is 409 g/mol. The number of aromatic nitrogens is 2. The number of carbonyl (C=O) groups excluding carboxylic acids is 1. The smallest absolute Gasteiger partial charge is 0.280 e. The third-order valence-electron chi connectivity index (χ3n) is 4.41. The van der Waals surface area contributed by atoms with Crippen LogP contribution in [0.4, 0.5) is 5.69 Å². The van der Waals surface area contributed by atoms with E-state index >= 15 is 0 Å². The quantitative estimate of drug-likeness (QED) is 0.491. The van der Waals surface area contributed by atoms with Crippen LogP contribution in [0.2, 0.25) is 0 Å². The van der Waals surface area contributed by atoms with E-state index in [1.165, 1.54) is 0 Å². The molecule has 0 aliphatic heterocycles. The molecular formula is C23H27N3O4. The summed E-state index contributed by atoms with van der Waals surface area (Å²) in [6.45, 7) is 4.95. The Balaban J connectivity index is 1.89. The predicted molar refractivity (Wildman–Crippen MR) is 116 cm³/mol. The van der Waals surface area contributed by atoms with Crippen molar-refractivity contribution in [3.05, 3.63) is 60.4 Å². The molecule has 0 unspecified atom stereocenters. The molecule has 0 spiro atoms. The molecule has 0 atom stereocenters. The van der Waals surface area contributed by atoms with Crippen molar-refractivity contribution in [2.45, 2.75) is 26.7 Å². The van der Waals surface area contributed by atoms with Crippen LogP contribution < -0.4 is 19.5 Å². The van der Waals surface area contributed by atoms with Gasteiger partial charge in [0.05, 0.1) is 37.9 Å². The van der Waals surface area contributed by atoms with Crippen LogP contribution >= 0.6 is 0 Å². The fourth-order valence-corrected chi connectivity index (χ4v) is 2.86. The summed E-state index contributed by atoms with van der Waals surface area (Å²) in [5.74, 6) is 1.22. The Bertz CT molecular complexity index is 970. The lowest BCUT2D eigenvalue weighted by atomic mass is 10.2. The molecule has 0 radical (unpaired) electrons. The molecule has 7 heteroatoms. The second-order valence-corrected chi connectivity index (χ2v) is 6.57. The van der Waals surface area contributed by atoms with Crippen LogP contribution in [0.15, 0.2) is 54.7 Å². The minimum atomic E-state index is -0.387. The van der Waals surface area contributed by atoms with Crippen LogP contribution in [0.3, 0.4) is 0 Å². The van der Waals surface area contributed by atoms with Crippen LogP contribution in [0.25, 0.3) is 5.69 Å². The fourth-order valence-electron chi connectivity index (χ4n) is 2.86. The van der Waals surface area contributed by atoms with Crippen LogP contribution in [0.1, 0.15) is 37.2 Å². The second-order valence-electron chi connectivity index (χ2n) is 6.57. The molecule has 1 aromatic heterocycles. The molecule has 0 aliphatic rings. The number of para-hydroxylation sites is 1. The highest BCUT2D eigenvalue weighted by Crippen LogP contribution is 2.31. The maximum absolute atomic E-state index is 13.1. The first-order chi connectivity index (χ1) is 14.7. The summed E-state index contributed by atoms with van der Waals surface area (Å²) in [6.07, 6.45) is 3.65. The molecule has 3 rings (SSSR count). The van der Waals surface area contributed by atoms with Gasteiger partial charge in [-0.05, 0) is 37.6 Å². The Morgan fingerprint density at radius 3 is 2.57 bits per heavy atom.